The van der Waals surface area contributed by atoms with Gasteiger partial charge in [0.1, 0.15) is 0 Å². The molecule has 1 fully saturated rings. The number of hydrogen-bond acceptors (Lipinski definition) is 1. The van der Waals surface area contributed by atoms with Gasteiger partial charge in [0, 0.05) is 24.0 Å². The molecule has 1 rings (SSSR count). The van der Waals surface area contributed by atoms with Gasteiger partial charge >= 0.3 is 0 Å². The first kappa shape index (κ1) is 10.3. The van der Waals surface area contributed by atoms with Crippen LogP contribution in [0.4, 0.5) is 0 Å². The van der Waals surface area contributed by atoms with Crippen molar-refractivity contribution in [3.05, 3.63) is 0 Å². The summed E-state index contributed by atoms with van der Waals surface area (Å²) in [6.07, 6.45) is 1.16. The number of halogens is 1. The van der Waals surface area contributed by atoms with Crippen LogP contribution in [0.1, 0.15) is 34.1 Å². The van der Waals surface area contributed by atoms with E-state index in [1.165, 1.54) is 0 Å². The molecule has 1 nitrogen and oxygen atoms in total. The Morgan fingerprint density at radius 2 is 1.83 bits per heavy atom. The molecular weight excluding hydrogens is 170 g/mol. The topological polar surface area (TPSA) is 3.24 Å². The van der Waals surface area contributed by atoms with Crippen molar-refractivity contribution in [1.29, 1.82) is 0 Å². The highest BCUT2D eigenvalue weighted by Gasteiger charge is 2.33. The lowest BCUT2D eigenvalue weighted by Crippen LogP contribution is -2.38. The van der Waals surface area contributed by atoms with Crippen LogP contribution in [0.5, 0.6) is 0 Å². The van der Waals surface area contributed by atoms with E-state index < -0.39 is 0 Å². The van der Waals surface area contributed by atoms with Gasteiger partial charge in [-0.3, -0.25) is 4.90 Å². The average Bonchev–Trinajstić information content (AvgIpc) is 2.31. The normalized spacial score (nSPS) is 32.2. The zero-order valence-electron chi connectivity index (χ0n) is 8.55. The predicted molar refractivity (Wildman–Crippen MR) is 54.7 cm³/mol. The summed E-state index contributed by atoms with van der Waals surface area (Å²) in [5, 5.41) is 0.375. The zero-order chi connectivity index (χ0) is 9.30. The summed E-state index contributed by atoms with van der Waals surface area (Å²) in [5.74, 6) is 0.733. The predicted octanol–water partition coefficient (Wildman–Crippen LogP) is 2.73. The zero-order valence-corrected chi connectivity index (χ0v) is 9.30. The van der Waals surface area contributed by atoms with Crippen molar-refractivity contribution in [2.45, 2.75) is 51.6 Å². The molecule has 1 aliphatic heterocycles. The van der Waals surface area contributed by atoms with Gasteiger partial charge in [-0.25, -0.2) is 0 Å². The minimum Gasteiger partial charge on any atom is -0.296 e. The molecule has 0 saturated carbocycles. The lowest BCUT2D eigenvalue weighted by molar-refractivity contribution is 0.166. The molecule has 12 heavy (non-hydrogen) atoms. The number of rotatable bonds is 2. The van der Waals surface area contributed by atoms with E-state index in [0.717, 1.165) is 18.9 Å². The van der Waals surface area contributed by atoms with Crippen LogP contribution in [0, 0.1) is 5.92 Å². The van der Waals surface area contributed by atoms with Crippen molar-refractivity contribution in [2.24, 2.45) is 5.92 Å². The van der Waals surface area contributed by atoms with Crippen molar-refractivity contribution in [2.75, 3.05) is 6.54 Å². The van der Waals surface area contributed by atoms with Crippen molar-refractivity contribution in [3.8, 4) is 0 Å². The van der Waals surface area contributed by atoms with Crippen LogP contribution in [0.15, 0.2) is 0 Å². The van der Waals surface area contributed by atoms with E-state index in [2.05, 4.69) is 32.6 Å². The van der Waals surface area contributed by atoms with Crippen LogP contribution in [-0.2, 0) is 0 Å². The van der Waals surface area contributed by atoms with Crippen LogP contribution >= 0.6 is 11.6 Å². The lowest BCUT2D eigenvalue weighted by Gasteiger charge is -2.30. The maximum atomic E-state index is 6.15. The van der Waals surface area contributed by atoms with Crippen molar-refractivity contribution in [1.82, 2.24) is 4.90 Å². The van der Waals surface area contributed by atoms with Crippen molar-refractivity contribution >= 4 is 11.6 Å². The standard InChI is InChI=1S/C10H20ClN/c1-7(2)10-5-9(11)6-12(10)8(3)4/h7-10H,5-6H2,1-4H3/t9-,10?/m0/s1. The van der Waals surface area contributed by atoms with Gasteiger partial charge in [-0.1, -0.05) is 13.8 Å². The summed E-state index contributed by atoms with van der Waals surface area (Å²) >= 11 is 6.15. The molecule has 1 aliphatic rings. The monoisotopic (exact) mass is 189 g/mol. The highest BCUT2D eigenvalue weighted by molar-refractivity contribution is 6.21. The third kappa shape index (κ3) is 2.14. The second-order valence-corrected chi connectivity index (χ2v) is 5.05. The summed E-state index contributed by atoms with van der Waals surface area (Å²) in [7, 11) is 0. The molecule has 2 heteroatoms. The summed E-state index contributed by atoms with van der Waals surface area (Å²) in [5.41, 5.74) is 0. The van der Waals surface area contributed by atoms with E-state index in [0.29, 0.717) is 17.5 Å². The second kappa shape index (κ2) is 3.97. The van der Waals surface area contributed by atoms with Crippen LogP contribution in [0.25, 0.3) is 0 Å². The number of nitrogens with zero attached hydrogens (tertiary/aromatic N) is 1. The molecule has 0 aliphatic carbocycles. The number of alkyl halides is 1. The summed E-state index contributed by atoms with van der Waals surface area (Å²) in [6, 6.07) is 1.34. The van der Waals surface area contributed by atoms with Gasteiger partial charge in [-0.05, 0) is 26.2 Å². The van der Waals surface area contributed by atoms with Gasteiger partial charge in [0.05, 0.1) is 0 Å². The lowest BCUT2D eigenvalue weighted by atomic mass is 10.0. The minimum absolute atomic E-state index is 0.375. The molecule has 0 N–H and O–H groups in total. The Bertz CT molecular complexity index is 129. The number of likely N-dealkylation sites (tertiary alicyclic amines) is 1. The molecule has 0 amide bonds. The smallest absolute Gasteiger partial charge is 0.0478 e. The Morgan fingerprint density at radius 3 is 2.17 bits per heavy atom. The van der Waals surface area contributed by atoms with Crippen molar-refractivity contribution in [3.63, 3.8) is 0 Å². The molecular formula is C10H20ClN. The van der Waals surface area contributed by atoms with Crippen molar-refractivity contribution < 1.29 is 0 Å². The third-order valence-corrected chi connectivity index (χ3v) is 3.08. The van der Waals surface area contributed by atoms with Crippen LogP contribution in [-0.4, -0.2) is 28.9 Å². The second-order valence-electron chi connectivity index (χ2n) is 4.43. The molecule has 1 unspecified atom stereocenters. The molecule has 0 spiro atoms. The Balaban J connectivity index is 2.59. The summed E-state index contributed by atoms with van der Waals surface area (Å²) in [6.45, 7) is 10.2. The molecule has 0 radical (unpaired) electrons. The van der Waals surface area contributed by atoms with Gasteiger partial charge in [-0.2, -0.15) is 0 Å². The average molecular weight is 190 g/mol. The fourth-order valence-electron chi connectivity index (χ4n) is 2.08. The maximum absolute atomic E-state index is 6.15. The van der Waals surface area contributed by atoms with E-state index in [1.54, 1.807) is 0 Å². The molecule has 0 bridgehead atoms. The van der Waals surface area contributed by atoms with Gasteiger partial charge in [0.15, 0.2) is 0 Å². The molecule has 72 valence electrons. The molecule has 1 saturated heterocycles. The van der Waals surface area contributed by atoms with Gasteiger partial charge in [0.25, 0.3) is 0 Å². The largest absolute Gasteiger partial charge is 0.296 e. The summed E-state index contributed by atoms with van der Waals surface area (Å²) < 4.78 is 0. The van der Waals surface area contributed by atoms with E-state index in [4.69, 9.17) is 11.6 Å². The first-order chi connectivity index (χ1) is 5.52. The highest BCUT2D eigenvalue weighted by atomic mass is 35.5. The SMILES string of the molecule is CC(C)C1C[C@H](Cl)CN1C(C)C. The Morgan fingerprint density at radius 1 is 1.25 bits per heavy atom. The first-order valence-corrected chi connectivity index (χ1v) is 5.35. The maximum Gasteiger partial charge on any atom is 0.0478 e. The minimum atomic E-state index is 0.375. The van der Waals surface area contributed by atoms with Gasteiger partial charge in [-0.15, -0.1) is 11.6 Å². The molecule has 2 atom stereocenters. The molecule has 0 aromatic heterocycles. The van der Waals surface area contributed by atoms with Gasteiger partial charge in [0.2, 0.25) is 0 Å². The van der Waals surface area contributed by atoms with Gasteiger partial charge < -0.3 is 0 Å². The van der Waals surface area contributed by atoms with Crippen LogP contribution in [0.2, 0.25) is 0 Å². The summed E-state index contributed by atoms with van der Waals surface area (Å²) in [4.78, 5) is 2.53. The Hall–Kier alpha value is 0.250. The molecule has 0 aromatic carbocycles. The first-order valence-electron chi connectivity index (χ1n) is 4.92. The highest BCUT2D eigenvalue weighted by Crippen LogP contribution is 2.28. The third-order valence-electron chi connectivity index (χ3n) is 2.76. The van der Waals surface area contributed by atoms with E-state index in [1.807, 2.05) is 0 Å². The van der Waals surface area contributed by atoms with E-state index in [-0.39, 0.29) is 0 Å². The Kier molecular flexibility index (Phi) is 3.42. The fraction of sp³-hybridized carbons (Fsp3) is 1.00. The fourth-order valence-corrected chi connectivity index (χ4v) is 2.43. The van der Waals surface area contributed by atoms with E-state index >= 15 is 0 Å². The molecule has 1 heterocycles. The van der Waals surface area contributed by atoms with Crippen LogP contribution in [0.3, 0.4) is 0 Å². The Labute approximate surface area is 81.1 Å². The number of hydrogen-bond donors (Lipinski definition) is 0. The quantitative estimate of drug-likeness (QED) is 0.604. The van der Waals surface area contributed by atoms with Crippen LogP contribution < -0.4 is 0 Å². The molecule has 0 aromatic rings. The van der Waals surface area contributed by atoms with E-state index in [9.17, 15) is 0 Å².